The molecule has 3 aromatic heterocycles. The molecule has 4 atom stereocenters. The topological polar surface area (TPSA) is 71.2 Å². The summed E-state index contributed by atoms with van der Waals surface area (Å²) in [5.41, 5.74) is 2.15. The summed E-state index contributed by atoms with van der Waals surface area (Å²) in [6.45, 7) is 3.97. The fourth-order valence-corrected chi connectivity index (χ4v) is 8.10. The smallest absolute Gasteiger partial charge is 0.350 e. The van der Waals surface area contributed by atoms with Crippen LogP contribution in [-0.2, 0) is 0 Å². The molecule has 1 N–H and O–H groups in total. The number of halogens is 3. The van der Waals surface area contributed by atoms with E-state index in [9.17, 15) is 13.2 Å². The van der Waals surface area contributed by atoms with E-state index in [1.807, 2.05) is 25.3 Å². The van der Waals surface area contributed by atoms with Crippen LogP contribution < -0.4 is 10.2 Å². The maximum atomic E-state index is 13.1. The quantitative estimate of drug-likeness (QED) is 0.537. The maximum Gasteiger partial charge on any atom is 0.391 e. The van der Waals surface area contributed by atoms with Crippen LogP contribution in [0.4, 0.5) is 24.3 Å². The molecule has 0 amide bonds. The third-order valence-corrected chi connectivity index (χ3v) is 10.1. The number of anilines is 2. The minimum Gasteiger partial charge on any atom is -0.350 e. The van der Waals surface area contributed by atoms with Crippen molar-refractivity contribution in [3.8, 4) is 0 Å². The third kappa shape index (κ3) is 3.29. The molecule has 3 aromatic rings. The van der Waals surface area contributed by atoms with Crippen LogP contribution in [0.3, 0.4) is 0 Å². The van der Waals surface area contributed by atoms with Gasteiger partial charge in [0.15, 0.2) is 5.65 Å². The van der Waals surface area contributed by atoms with E-state index in [4.69, 9.17) is 10.1 Å². The van der Waals surface area contributed by atoms with E-state index >= 15 is 0 Å². The molecule has 1 spiro atoms. The van der Waals surface area contributed by atoms with Crippen molar-refractivity contribution >= 4 is 28.3 Å². The first-order chi connectivity index (χ1) is 16.8. The summed E-state index contributed by atoms with van der Waals surface area (Å²) >= 11 is 1.48. The zero-order valence-electron chi connectivity index (χ0n) is 19.5. The summed E-state index contributed by atoms with van der Waals surface area (Å²) in [6.07, 6.45) is 1.72. The van der Waals surface area contributed by atoms with Gasteiger partial charge in [0.25, 0.3) is 0 Å². The molecule has 0 aromatic carbocycles. The molecule has 3 saturated carbocycles. The monoisotopic (exact) mass is 503 g/mol. The first kappa shape index (κ1) is 21.8. The normalized spacial score (nSPS) is 34.3. The van der Waals surface area contributed by atoms with Crippen LogP contribution in [-0.4, -0.2) is 49.3 Å². The van der Waals surface area contributed by atoms with Crippen LogP contribution >= 0.6 is 11.5 Å². The molecule has 4 unspecified atom stereocenters. The number of fused-ring (bicyclic) bond motifs is 1. The van der Waals surface area contributed by atoms with Crippen molar-refractivity contribution < 1.29 is 13.2 Å². The minimum absolute atomic E-state index is 0.0936. The summed E-state index contributed by atoms with van der Waals surface area (Å²) < 4.78 is 45.5. The van der Waals surface area contributed by atoms with E-state index in [-0.39, 0.29) is 18.8 Å². The lowest BCUT2D eigenvalue weighted by atomic mass is 9.41. The van der Waals surface area contributed by atoms with Crippen LogP contribution in [0.5, 0.6) is 0 Å². The van der Waals surface area contributed by atoms with Crippen molar-refractivity contribution in [1.29, 1.82) is 0 Å². The highest BCUT2D eigenvalue weighted by Crippen LogP contribution is 2.68. The standard InChI is InChI=1S/C24H28F3N7S/c1-13-28-22(35-32-13)33-11-18-19(17-8-9-23(17,18)12-33)29-21-30-20-16(3-2-10-34(20)31-21)14-4-6-15(7-5-14)24(25,26)27/h2-3,10,14-15,17-19H,4-9,11-12H2,1H3,(H,29,31). The van der Waals surface area contributed by atoms with Gasteiger partial charge in [0.1, 0.15) is 5.82 Å². The molecule has 7 nitrogen and oxygen atoms in total. The first-order valence-electron chi connectivity index (χ1n) is 12.6. The molecular formula is C24H28F3N7S. The Balaban J connectivity index is 1.09. The zero-order chi connectivity index (χ0) is 23.9. The number of hydrogen-bond donors (Lipinski definition) is 1. The highest BCUT2D eigenvalue weighted by molar-refractivity contribution is 7.09. The van der Waals surface area contributed by atoms with Gasteiger partial charge in [-0.2, -0.15) is 22.5 Å². The average molecular weight is 504 g/mol. The van der Waals surface area contributed by atoms with Crippen molar-refractivity contribution in [1.82, 2.24) is 24.0 Å². The number of nitrogens with one attached hydrogen (secondary N) is 1. The second-order valence-corrected chi connectivity index (χ2v) is 11.6. The van der Waals surface area contributed by atoms with Crippen LogP contribution in [0.15, 0.2) is 18.3 Å². The van der Waals surface area contributed by atoms with Gasteiger partial charge in [0.2, 0.25) is 11.1 Å². The predicted molar refractivity (Wildman–Crippen MR) is 127 cm³/mol. The van der Waals surface area contributed by atoms with E-state index in [1.165, 1.54) is 24.4 Å². The van der Waals surface area contributed by atoms with Crippen LogP contribution in [0.1, 0.15) is 55.8 Å². The lowest BCUT2D eigenvalue weighted by Crippen LogP contribution is -2.68. The van der Waals surface area contributed by atoms with Crippen LogP contribution in [0.25, 0.3) is 5.65 Å². The van der Waals surface area contributed by atoms with Crippen molar-refractivity contribution in [3.05, 3.63) is 29.7 Å². The average Bonchev–Trinajstić information content (AvgIpc) is 3.53. The summed E-state index contributed by atoms with van der Waals surface area (Å²) in [5, 5.41) is 9.37. The summed E-state index contributed by atoms with van der Waals surface area (Å²) in [5.74, 6) is 1.53. The second-order valence-electron chi connectivity index (χ2n) is 10.9. The molecule has 1 saturated heterocycles. The van der Waals surface area contributed by atoms with Gasteiger partial charge in [-0.1, -0.05) is 6.07 Å². The molecular weight excluding hydrogens is 475 g/mol. The lowest BCUT2D eigenvalue weighted by Gasteiger charge is -2.65. The minimum atomic E-state index is -4.09. The van der Waals surface area contributed by atoms with Crippen molar-refractivity contribution in [2.24, 2.45) is 23.2 Å². The van der Waals surface area contributed by atoms with Gasteiger partial charge in [0.05, 0.1) is 5.92 Å². The largest absolute Gasteiger partial charge is 0.391 e. The van der Waals surface area contributed by atoms with Gasteiger partial charge in [-0.15, -0.1) is 5.10 Å². The number of pyridine rings is 1. The fraction of sp³-hybridized carbons (Fsp3) is 0.667. The summed E-state index contributed by atoms with van der Waals surface area (Å²) in [7, 11) is 0. The number of aryl methyl sites for hydroxylation is 1. The van der Waals surface area contributed by atoms with Crippen molar-refractivity contribution in [2.75, 3.05) is 23.3 Å². The molecule has 35 heavy (non-hydrogen) atoms. The number of hydrogen-bond acceptors (Lipinski definition) is 7. The molecule has 4 aliphatic rings. The Kier molecular flexibility index (Phi) is 4.70. The van der Waals surface area contributed by atoms with Gasteiger partial charge in [-0.25, -0.2) is 9.50 Å². The number of aromatic nitrogens is 5. The fourth-order valence-electron chi connectivity index (χ4n) is 7.41. The highest BCUT2D eigenvalue weighted by Gasteiger charge is 2.70. The SMILES string of the molecule is Cc1nsc(N2CC3C(Nc4nc5c(C6CCC(C(F)(F)F)CC6)cccn5n4)C4CCC43C2)n1. The third-order valence-electron chi connectivity index (χ3n) is 9.27. The van der Waals surface area contributed by atoms with Gasteiger partial charge in [-0.3, -0.25) is 0 Å². The van der Waals surface area contributed by atoms with E-state index in [1.54, 1.807) is 4.52 Å². The van der Waals surface area contributed by atoms with E-state index in [0.29, 0.717) is 42.1 Å². The molecule has 0 bridgehead atoms. The van der Waals surface area contributed by atoms with Crippen LogP contribution in [0.2, 0.25) is 0 Å². The number of nitrogens with zero attached hydrogens (tertiary/aromatic N) is 6. The maximum absolute atomic E-state index is 13.1. The Bertz CT molecular complexity index is 1260. The molecule has 1 aliphatic heterocycles. The summed E-state index contributed by atoms with van der Waals surface area (Å²) in [6, 6.07) is 4.27. The first-order valence-corrected chi connectivity index (χ1v) is 13.3. The number of alkyl halides is 3. The van der Waals surface area contributed by atoms with Crippen LogP contribution in [0, 0.1) is 30.1 Å². The Morgan fingerprint density at radius 2 is 1.94 bits per heavy atom. The molecule has 4 heterocycles. The Hall–Kier alpha value is -2.43. The Labute approximate surface area is 205 Å². The zero-order valence-corrected chi connectivity index (χ0v) is 20.3. The van der Waals surface area contributed by atoms with E-state index in [2.05, 4.69) is 19.6 Å². The second kappa shape index (κ2) is 7.54. The van der Waals surface area contributed by atoms with Gasteiger partial charge in [0, 0.05) is 48.3 Å². The summed E-state index contributed by atoms with van der Waals surface area (Å²) in [4.78, 5) is 11.8. The molecule has 4 fully saturated rings. The van der Waals surface area contributed by atoms with Gasteiger partial charge < -0.3 is 10.2 Å². The lowest BCUT2D eigenvalue weighted by molar-refractivity contribution is -0.182. The molecule has 0 radical (unpaired) electrons. The molecule has 3 aliphatic carbocycles. The Morgan fingerprint density at radius 1 is 1.11 bits per heavy atom. The predicted octanol–water partition coefficient (Wildman–Crippen LogP) is 5.05. The van der Waals surface area contributed by atoms with E-state index in [0.717, 1.165) is 35.3 Å². The van der Waals surface area contributed by atoms with Crippen molar-refractivity contribution in [2.45, 2.75) is 63.6 Å². The van der Waals surface area contributed by atoms with Gasteiger partial charge in [-0.05, 0) is 68.8 Å². The number of rotatable bonds is 4. The highest BCUT2D eigenvalue weighted by atomic mass is 32.1. The molecule has 11 heteroatoms. The molecule has 186 valence electrons. The van der Waals surface area contributed by atoms with Crippen molar-refractivity contribution in [3.63, 3.8) is 0 Å². The van der Waals surface area contributed by atoms with Gasteiger partial charge >= 0.3 is 6.18 Å². The Morgan fingerprint density at radius 3 is 2.63 bits per heavy atom. The van der Waals surface area contributed by atoms with E-state index < -0.39 is 12.1 Å². The molecule has 7 rings (SSSR count).